The summed E-state index contributed by atoms with van der Waals surface area (Å²) < 4.78 is 3.03. The second-order valence-corrected chi connectivity index (χ2v) is 6.69. The van der Waals surface area contributed by atoms with Gasteiger partial charge in [0.25, 0.3) is 0 Å². The molecule has 2 aromatic carbocycles. The molecule has 0 radical (unpaired) electrons. The molecule has 3 rings (SSSR count). The minimum atomic E-state index is -0.961. The summed E-state index contributed by atoms with van der Waals surface area (Å²) >= 11 is 0. The van der Waals surface area contributed by atoms with E-state index in [-0.39, 0.29) is 17.8 Å². The largest absolute Gasteiger partial charge is 0.478 e. The lowest BCUT2D eigenvalue weighted by Crippen LogP contribution is -2.25. The molecule has 1 aromatic heterocycles. The summed E-state index contributed by atoms with van der Waals surface area (Å²) in [5.74, 6) is 5.38. The molecule has 0 fully saturated rings. The predicted molar refractivity (Wildman–Crippen MR) is 116 cm³/mol. The van der Waals surface area contributed by atoms with Crippen molar-refractivity contribution >= 4 is 5.97 Å². The molecule has 0 aliphatic heterocycles. The number of allylic oxidation sites excluding steroid dienone is 2. The first-order chi connectivity index (χ1) is 14.5. The monoisotopic (exact) mass is 401 g/mol. The van der Waals surface area contributed by atoms with Crippen molar-refractivity contribution in [3.8, 4) is 23.0 Å². The van der Waals surface area contributed by atoms with Gasteiger partial charge in [0, 0.05) is 6.42 Å². The summed E-state index contributed by atoms with van der Waals surface area (Å²) in [4.78, 5) is 24.3. The molecule has 152 valence electrons. The van der Waals surface area contributed by atoms with Crippen LogP contribution in [0.5, 0.6) is 0 Å². The van der Waals surface area contributed by atoms with Crippen LogP contribution in [-0.4, -0.2) is 25.4 Å². The Morgan fingerprint density at radius 1 is 1.17 bits per heavy atom. The molecule has 0 amide bonds. The lowest BCUT2D eigenvalue weighted by Gasteiger charge is -2.08. The maximum Gasteiger partial charge on any atom is 0.347 e. The fourth-order valence-corrected chi connectivity index (χ4v) is 3.17. The smallest absolute Gasteiger partial charge is 0.347 e. The van der Waals surface area contributed by atoms with Gasteiger partial charge < -0.3 is 5.11 Å². The van der Waals surface area contributed by atoms with E-state index < -0.39 is 5.97 Å². The van der Waals surface area contributed by atoms with Gasteiger partial charge in [0.1, 0.15) is 12.4 Å². The Hall–Kier alpha value is -3.85. The first kappa shape index (κ1) is 20.9. The van der Waals surface area contributed by atoms with Crippen molar-refractivity contribution in [2.75, 3.05) is 0 Å². The Labute approximate surface area is 175 Å². The average Bonchev–Trinajstić information content (AvgIpc) is 3.05. The second kappa shape index (κ2) is 9.57. The highest BCUT2D eigenvalue weighted by Gasteiger charge is 2.14. The van der Waals surface area contributed by atoms with Gasteiger partial charge >= 0.3 is 11.7 Å². The molecule has 0 saturated carbocycles. The molecule has 0 aliphatic rings. The zero-order chi connectivity index (χ0) is 21.5. The third-order valence-electron chi connectivity index (χ3n) is 4.70. The van der Waals surface area contributed by atoms with Gasteiger partial charge in [-0.05, 0) is 36.6 Å². The minimum Gasteiger partial charge on any atom is -0.478 e. The molecular weight excluding hydrogens is 378 g/mol. The number of nitrogens with zero attached hydrogens (tertiary/aromatic N) is 3. The van der Waals surface area contributed by atoms with E-state index in [1.54, 1.807) is 29.7 Å². The zero-order valence-electron chi connectivity index (χ0n) is 17.0. The maximum absolute atomic E-state index is 12.8. The van der Waals surface area contributed by atoms with E-state index in [9.17, 15) is 14.7 Å². The number of benzene rings is 2. The van der Waals surface area contributed by atoms with E-state index in [4.69, 9.17) is 0 Å². The third-order valence-corrected chi connectivity index (χ3v) is 4.70. The van der Waals surface area contributed by atoms with Crippen LogP contribution in [0.4, 0.5) is 0 Å². The van der Waals surface area contributed by atoms with Crippen molar-refractivity contribution in [3.63, 3.8) is 0 Å². The van der Waals surface area contributed by atoms with Crippen LogP contribution in [0.2, 0.25) is 0 Å². The fourth-order valence-electron chi connectivity index (χ4n) is 3.17. The molecule has 0 spiro atoms. The van der Waals surface area contributed by atoms with Crippen LogP contribution in [0.15, 0.2) is 65.5 Å². The Bertz CT molecular complexity index is 1190. The van der Waals surface area contributed by atoms with E-state index in [1.165, 1.54) is 4.68 Å². The summed E-state index contributed by atoms with van der Waals surface area (Å²) in [7, 11) is 0. The van der Waals surface area contributed by atoms with Crippen LogP contribution in [0.25, 0.3) is 11.1 Å². The highest BCUT2D eigenvalue weighted by molar-refractivity contribution is 5.95. The number of aromatic carboxylic acids is 1. The molecule has 3 aromatic rings. The number of aromatic nitrogens is 3. The van der Waals surface area contributed by atoms with Crippen LogP contribution < -0.4 is 5.69 Å². The van der Waals surface area contributed by atoms with Gasteiger partial charge in [-0.2, -0.15) is 5.10 Å². The van der Waals surface area contributed by atoms with E-state index >= 15 is 0 Å². The van der Waals surface area contributed by atoms with Gasteiger partial charge in [-0.25, -0.2) is 14.3 Å². The summed E-state index contributed by atoms with van der Waals surface area (Å²) in [6.45, 7) is 4.30. The Morgan fingerprint density at radius 2 is 1.90 bits per heavy atom. The quantitative estimate of drug-likeness (QED) is 0.485. The fraction of sp³-hybridized carbons (Fsp3) is 0.208. The number of rotatable bonds is 7. The number of carbonyl (C=O) groups is 1. The van der Waals surface area contributed by atoms with Crippen LogP contribution in [0.1, 0.15) is 35.6 Å². The Morgan fingerprint density at radius 3 is 2.57 bits per heavy atom. The van der Waals surface area contributed by atoms with E-state index in [0.717, 1.165) is 11.1 Å². The number of carboxylic acid groups (broad SMARTS) is 1. The van der Waals surface area contributed by atoms with Crippen LogP contribution >= 0.6 is 0 Å². The maximum atomic E-state index is 12.8. The van der Waals surface area contributed by atoms with Crippen molar-refractivity contribution in [2.45, 2.75) is 33.4 Å². The van der Waals surface area contributed by atoms with Crippen LogP contribution in [0.3, 0.4) is 0 Å². The Kier molecular flexibility index (Phi) is 6.66. The summed E-state index contributed by atoms with van der Waals surface area (Å²) in [5, 5.41) is 13.8. The molecule has 1 heterocycles. The van der Waals surface area contributed by atoms with E-state index in [2.05, 4.69) is 16.9 Å². The van der Waals surface area contributed by atoms with Gasteiger partial charge in [0.15, 0.2) is 0 Å². The molecular formula is C24H23N3O3. The lowest BCUT2D eigenvalue weighted by molar-refractivity contribution is 0.0697. The van der Waals surface area contributed by atoms with Gasteiger partial charge in [-0.1, -0.05) is 60.5 Å². The van der Waals surface area contributed by atoms with Gasteiger partial charge in [-0.15, -0.1) is 5.92 Å². The van der Waals surface area contributed by atoms with Crippen molar-refractivity contribution in [1.82, 2.24) is 14.3 Å². The molecule has 1 N–H and O–H groups in total. The average molecular weight is 401 g/mol. The number of hydrogen-bond donors (Lipinski definition) is 1. The van der Waals surface area contributed by atoms with E-state index in [1.807, 2.05) is 49.4 Å². The third kappa shape index (κ3) is 4.58. The van der Waals surface area contributed by atoms with Crippen molar-refractivity contribution in [2.24, 2.45) is 0 Å². The van der Waals surface area contributed by atoms with Crippen molar-refractivity contribution < 1.29 is 9.90 Å². The summed E-state index contributed by atoms with van der Waals surface area (Å²) in [5.41, 5.74) is 2.46. The summed E-state index contributed by atoms with van der Waals surface area (Å²) in [6.07, 6.45) is 4.44. The molecule has 0 atom stereocenters. The van der Waals surface area contributed by atoms with Crippen LogP contribution in [0, 0.1) is 11.8 Å². The first-order valence-electron chi connectivity index (χ1n) is 9.64. The number of carboxylic acids is 1. The second-order valence-electron chi connectivity index (χ2n) is 6.69. The van der Waals surface area contributed by atoms with Gasteiger partial charge in [0.2, 0.25) is 0 Å². The predicted octanol–water partition coefficient (Wildman–Crippen LogP) is 3.60. The van der Waals surface area contributed by atoms with Crippen molar-refractivity contribution in [3.05, 3.63) is 88.1 Å². The van der Waals surface area contributed by atoms with Gasteiger partial charge in [0.05, 0.1) is 12.1 Å². The van der Waals surface area contributed by atoms with Crippen LogP contribution in [-0.2, 0) is 19.5 Å². The number of hydrogen-bond acceptors (Lipinski definition) is 3. The zero-order valence-corrected chi connectivity index (χ0v) is 17.0. The highest BCUT2D eigenvalue weighted by atomic mass is 16.4. The van der Waals surface area contributed by atoms with Crippen molar-refractivity contribution in [1.29, 1.82) is 0 Å². The molecule has 0 saturated heterocycles. The first-order valence-corrected chi connectivity index (χ1v) is 9.64. The highest BCUT2D eigenvalue weighted by Crippen LogP contribution is 2.24. The van der Waals surface area contributed by atoms with E-state index in [0.29, 0.717) is 24.4 Å². The minimum absolute atomic E-state index is 0.197. The molecule has 0 bridgehead atoms. The SMILES string of the molecule is CC#CCn1nc(CC=CC)n(Cc2ccc(-c3ccccc3C(=O)O)cc2)c1=O. The Balaban J connectivity index is 1.92. The molecule has 0 aliphatic carbocycles. The molecule has 0 unspecified atom stereocenters. The molecule has 30 heavy (non-hydrogen) atoms. The normalized spacial score (nSPS) is 10.7. The van der Waals surface area contributed by atoms with Gasteiger partial charge in [-0.3, -0.25) is 4.57 Å². The lowest BCUT2D eigenvalue weighted by atomic mass is 9.99. The summed E-state index contributed by atoms with van der Waals surface area (Å²) in [6, 6.07) is 14.5. The topological polar surface area (TPSA) is 77.1 Å². The molecule has 6 heteroatoms. The standard InChI is InChI=1S/C24H23N3O3/c1-3-5-11-22-25-27(16-6-4-2)24(30)26(22)17-18-12-14-19(15-13-18)20-9-7-8-10-21(20)23(28)29/h3,5,7-10,12-15H,11,16-17H2,1-2H3,(H,28,29). The molecule has 6 nitrogen and oxygen atoms in total.